The van der Waals surface area contributed by atoms with Gasteiger partial charge in [0.25, 0.3) is 0 Å². The first-order chi connectivity index (χ1) is 10.3. The Labute approximate surface area is 126 Å². The molecular formula is C16H26N4O. The molecule has 1 saturated heterocycles. The molecule has 1 aliphatic carbocycles. The van der Waals surface area contributed by atoms with Gasteiger partial charge in [-0.1, -0.05) is 25.7 Å². The van der Waals surface area contributed by atoms with Crippen molar-refractivity contribution in [3.05, 3.63) is 18.0 Å². The van der Waals surface area contributed by atoms with Gasteiger partial charge in [-0.2, -0.15) is 5.10 Å². The number of hydrogen-bond acceptors (Lipinski definition) is 3. The summed E-state index contributed by atoms with van der Waals surface area (Å²) in [5, 5.41) is 9.98. The van der Waals surface area contributed by atoms with E-state index in [9.17, 15) is 4.79 Å². The third kappa shape index (κ3) is 3.12. The van der Waals surface area contributed by atoms with Crippen molar-refractivity contribution in [2.24, 2.45) is 0 Å². The van der Waals surface area contributed by atoms with E-state index in [1.807, 2.05) is 6.07 Å². The summed E-state index contributed by atoms with van der Waals surface area (Å²) >= 11 is 0. The van der Waals surface area contributed by atoms with Gasteiger partial charge in [0.1, 0.15) is 5.54 Å². The Morgan fingerprint density at radius 1 is 1.19 bits per heavy atom. The van der Waals surface area contributed by atoms with E-state index < -0.39 is 0 Å². The molecule has 5 nitrogen and oxygen atoms in total. The molecule has 2 aliphatic rings. The van der Waals surface area contributed by atoms with Crippen molar-refractivity contribution in [1.29, 1.82) is 0 Å². The normalized spacial score (nSPS) is 22.9. The molecule has 2 N–H and O–H groups in total. The van der Waals surface area contributed by atoms with Gasteiger partial charge in [-0.15, -0.1) is 0 Å². The van der Waals surface area contributed by atoms with Crippen molar-refractivity contribution in [3.63, 3.8) is 0 Å². The Morgan fingerprint density at radius 2 is 1.90 bits per heavy atom. The minimum absolute atomic E-state index is 0.221. The minimum atomic E-state index is -0.251. The Bertz CT molecular complexity index is 445. The quantitative estimate of drug-likeness (QED) is 0.894. The van der Waals surface area contributed by atoms with Crippen LogP contribution in [0.5, 0.6) is 0 Å². The maximum absolute atomic E-state index is 12.9. The fourth-order valence-corrected chi connectivity index (χ4v) is 3.87. The SMILES string of the molecule is O=C(NCc1ccn[nH]1)C1(N2CCCCC2)CCCCC1. The number of carbonyl (C=O) groups is 1. The number of aromatic amines is 1. The second-order valence-electron chi connectivity index (χ2n) is 6.40. The van der Waals surface area contributed by atoms with Crippen molar-refractivity contribution >= 4 is 5.91 Å². The van der Waals surface area contributed by atoms with Crippen LogP contribution in [0, 0.1) is 0 Å². The first-order valence-electron chi connectivity index (χ1n) is 8.33. The average Bonchev–Trinajstić information content (AvgIpc) is 3.07. The Kier molecular flexibility index (Phi) is 4.58. The zero-order valence-corrected chi connectivity index (χ0v) is 12.7. The predicted molar refractivity (Wildman–Crippen MR) is 81.7 cm³/mol. The molecule has 0 unspecified atom stereocenters. The third-order valence-corrected chi connectivity index (χ3v) is 5.06. The molecule has 5 heteroatoms. The Hall–Kier alpha value is -1.36. The highest BCUT2D eigenvalue weighted by Crippen LogP contribution is 2.35. The number of rotatable bonds is 4. The summed E-state index contributed by atoms with van der Waals surface area (Å²) in [5.74, 6) is 0.221. The van der Waals surface area contributed by atoms with Crippen molar-refractivity contribution in [3.8, 4) is 0 Å². The molecule has 0 bridgehead atoms. The zero-order chi connectivity index (χ0) is 14.5. The standard InChI is InChI=1S/C16H26N4O/c21-15(17-13-14-7-10-18-19-14)16(8-3-1-4-9-16)20-11-5-2-6-12-20/h7,10H,1-6,8-9,11-13H2,(H,17,21)(H,18,19). The third-order valence-electron chi connectivity index (χ3n) is 5.06. The van der Waals surface area contributed by atoms with Crippen LogP contribution in [-0.4, -0.2) is 39.6 Å². The van der Waals surface area contributed by atoms with Gasteiger partial charge >= 0.3 is 0 Å². The van der Waals surface area contributed by atoms with Gasteiger partial charge in [-0.25, -0.2) is 0 Å². The number of hydrogen-bond donors (Lipinski definition) is 2. The highest BCUT2D eigenvalue weighted by atomic mass is 16.2. The maximum Gasteiger partial charge on any atom is 0.240 e. The predicted octanol–water partition coefficient (Wildman–Crippen LogP) is 2.21. The van der Waals surface area contributed by atoms with Crippen LogP contribution < -0.4 is 5.32 Å². The molecule has 1 aromatic heterocycles. The number of amides is 1. The van der Waals surface area contributed by atoms with Gasteiger partial charge in [0, 0.05) is 6.20 Å². The fourth-order valence-electron chi connectivity index (χ4n) is 3.87. The van der Waals surface area contributed by atoms with E-state index >= 15 is 0 Å². The van der Waals surface area contributed by atoms with E-state index in [1.165, 1.54) is 38.5 Å². The van der Waals surface area contributed by atoms with E-state index in [0.29, 0.717) is 6.54 Å². The molecule has 0 atom stereocenters. The lowest BCUT2D eigenvalue weighted by atomic mass is 9.78. The van der Waals surface area contributed by atoms with E-state index in [2.05, 4.69) is 20.4 Å². The second-order valence-corrected chi connectivity index (χ2v) is 6.40. The number of nitrogens with zero attached hydrogens (tertiary/aromatic N) is 2. The average molecular weight is 290 g/mol. The fraction of sp³-hybridized carbons (Fsp3) is 0.750. The summed E-state index contributed by atoms with van der Waals surface area (Å²) in [4.78, 5) is 15.4. The molecule has 1 aliphatic heterocycles. The zero-order valence-electron chi connectivity index (χ0n) is 12.7. The lowest BCUT2D eigenvalue weighted by Gasteiger charge is -2.46. The molecule has 2 fully saturated rings. The number of aromatic nitrogens is 2. The highest BCUT2D eigenvalue weighted by molar-refractivity contribution is 5.86. The number of nitrogens with one attached hydrogen (secondary N) is 2. The second kappa shape index (κ2) is 6.60. The number of H-pyrrole nitrogens is 1. The van der Waals surface area contributed by atoms with Crippen LogP contribution >= 0.6 is 0 Å². The van der Waals surface area contributed by atoms with Gasteiger partial charge in [-0.3, -0.25) is 14.8 Å². The van der Waals surface area contributed by atoms with Crippen molar-refractivity contribution < 1.29 is 4.79 Å². The highest BCUT2D eigenvalue weighted by Gasteiger charge is 2.44. The molecule has 3 rings (SSSR count). The molecule has 2 heterocycles. The van der Waals surface area contributed by atoms with E-state index in [-0.39, 0.29) is 11.4 Å². The molecule has 1 amide bonds. The summed E-state index contributed by atoms with van der Waals surface area (Å²) in [5.41, 5.74) is 0.714. The van der Waals surface area contributed by atoms with E-state index in [4.69, 9.17) is 0 Å². The maximum atomic E-state index is 12.9. The Balaban J connectivity index is 1.69. The van der Waals surface area contributed by atoms with Crippen LogP contribution in [0.2, 0.25) is 0 Å². The lowest BCUT2D eigenvalue weighted by Crippen LogP contribution is -2.60. The van der Waals surface area contributed by atoms with Gasteiger partial charge in [0.05, 0.1) is 12.2 Å². The van der Waals surface area contributed by atoms with Crippen LogP contribution in [0.25, 0.3) is 0 Å². The summed E-state index contributed by atoms with van der Waals surface area (Å²) in [6, 6.07) is 1.91. The van der Waals surface area contributed by atoms with Crippen LogP contribution in [0.1, 0.15) is 57.1 Å². The molecule has 1 saturated carbocycles. The van der Waals surface area contributed by atoms with Gasteiger partial charge in [0.15, 0.2) is 0 Å². The molecule has 116 valence electrons. The summed E-state index contributed by atoms with van der Waals surface area (Å²) in [7, 11) is 0. The first kappa shape index (κ1) is 14.6. The molecule has 1 aromatic rings. The Morgan fingerprint density at radius 3 is 2.57 bits per heavy atom. The topological polar surface area (TPSA) is 61.0 Å². The van der Waals surface area contributed by atoms with E-state index in [0.717, 1.165) is 31.6 Å². The summed E-state index contributed by atoms with van der Waals surface area (Å²) < 4.78 is 0. The van der Waals surface area contributed by atoms with Crippen molar-refractivity contribution in [1.82, 2.24) is 20.4 Å². The molecular weight excluding hydrogens is 264 g/mol. The largest absolute Gasteiger partial charge is 0.349 e. The van der Waals surface area contributed by atoms with Crippen LogP contribution in [-0.2, 0) is 11.3 Å². The first-order valence-corrected chi connectivity index (χ1v) is 8.33. The molecule has 0 radical (unpaired) electrons. The summed E-state index contributed by atoms with van der Waals surface area (Å²) in [6.07, 6.45) is 11.1. The van der Waals surface area contributed by atoms with E-state index in [1.54, 1.807) is 6.20 Å². The van der Waals surface area contributed by atoms with Gasteiger partial charge < -0.3 is 5.32 Å². The molecule has 0 aromatic carbocycles. The number of piperidine rings is 1. The number of likely N-dealkylation sites (tertiary alicyclic amines) is 1. The van der Waals surface area contributed by atoms with Crippen molar-refractivity contribution in [2.45, 2.75) is 63.5 Å². The van der Waals surface area contributed by atoms with Gasteiger partial charge in [-0.05, 0) is 44.8 Å². The molecule has 0 spiro atoms. The monoisotopic (exact) mass is 290 g/mol. The minimum Gasteiger partial charge on any atom is -0.349 e. The van der Waals surface area contributed by atoms with Crippen LogP contribution in [0.4, 0.5) is 0 Å². The van der Waals surface area contributed by atoms with Crippen LogP contribution in [0.3, 0.4) is 0 Å². The van der Waals surface area contributed by atoms with Crippen molar-refractivity contribution in [2.75, 3.05) is 13.1 Å². The number of carbonyl (C=O) groups excluding carboxylic acids is 1. The summed E-state index contributed by atoms with van der Waals surface area (Å²) in [6.45, 7) is 2.71. The lowest BCUT2D eigenvalue weighted by molar-refractivity contribution is -0.137. The smallest absolute Gasteiger partial charge is 0.240 e. The molecule has 21 heavy (non-hydrogen) atoms. The van der Waals surface area contributed by atoms with Crippen LogP contribution in [0.15, 0.2) is 12.3 Å². The van der Waals surface area contributed by atoms with Gasteiger partial charge in [0.2, 0.25) is 5.91 Å².